The van der Waals surface area contributed by atoms with Crippen LogP contribution in [-0.2, 0) is 19.1 Å². The van der Waals surface area contributed by atoms with E-state index in [0.29, 0.717) is 23.7 Å². The van der Waals surface area contributed by atoms with Crippen molar-refractivity contribution in [2.24, 2.45) is 0 Å². The molecule has 0 aliphatic carbocycles. The quantitative estimate of drug-likeness (QED) is 0.669. The molecule has 2 aromatic rings. The summed E-state index contributed by atoms with van der Waals surface area (Å²) >= 11 is 1.40. The van der Waals surface area contributed by atoms with Crippen LogP contribution in [0.5, 0.6) is 0 Å². The van der Waals surface area contributed by atoms with Crippen molar-refractivity contribution in [1.82, 2.24) is 4.90 Å². The van der Waals surface area contributed by atoms with Crippen molar-refractivity contribution in [1.29, 1.82) is 0 Å². The smallest absolute Gasteiger partial charge is 0.330 e. The Hall–Kier alpha value is -2.81. The van der Waals surface area contributed by atoms with Gasteiger partial charge in [0, 0.05) is 24.9 Å². The highest BCUT2D eigenvalue weighted by molar-refractivity contribution is 7.99. The average molecular weight is 420 g/mol. The molecule has 0 N–H and O–H groups in total. The molecular weight excluding hydrogens is 399 g/mol. The Labute approximate surface area is 171 Å². The molecular formula is C20H21FN2O5S. The van der Waals surface area contributed by atoms with E-state index in [0.717, 1.165) is 0 Å². The number of ether oxygens (including phenoxy) is 1. The third-order valence-electron chi connectivity index (χ3n) is 4.52. The molecule has 154 valence electrons. The molecule has 0 radical (unpaired) electrons. The van der Waals surface area contributed by atoms with Crippen molar-refractivity contribution >= 4 is 35.2 Å². The van der Waals surface area contributed by atoms with Gasteiger partial charge in [0.25, 0.3) is 5.91 Å². The number of anilines is 1. The molecule has 0 spiro atoms. The van der Waals surface area contributed by atoms with Crippen LogP contribution < -0.4 is 4.90 Å². The van der Waals surface area contributed by atoms with Crippen LogP contribution >= 0.6 is 11.8 Å². The number of nitrogens with zero attached hydrogens (tertiary/aromatic N) is 2. The lowest BCUT2D eigenvalue weighted by Crippen LogP contribution is -2.44. The van der Waals surface area contributed by atoms with E-state index in [1.165, 1.54) is 59.0 Å². The summed E-state index contributed by atoms with van der Waals surface area (Å²) in [4.78, 5) is 40.0. The highest BCUT2D eigenvalue weighted by Crippen LogP contribution is 2.41. The van der Waals surface area contributed by atoms with Crippen LogP contribution in [0.1, 0.15) is 25.0 Å². The molecule has 0 saturated carbocycles. The van der Waals surface area contributed by atoms with Crippen molar-refractivity contribution in [2.75, 3.05) is 23.8 Å². The minimum absolute atomic E-state index is 0.286. The summed E-state index contributed by atoms with van der Waals surface area (Å²) in [6.45, 7) is 3.01. The number of esters is 1. The third-order valence-corrected chi connectivity index (χ3v) is 5.80. The maximum atomic E-state index is 13.1. The number of hydrogen-bond acceptors (Lipinski definition) is 6. The van der Waals surface area contributed by atoms with Crippen LogP contribution in [-0.4, -0.2) is 47.6 Å². The molecule has 1 aliphatic rings. The highest BCUT2D eigenvalue weighted by atomic mass is 32.2. The fraction of sp³-hybridized carbons (Fsp3) is 0.350. The Bertz CT molecular complexity index is 872. The van der Waals surface area contributed by atoms with E-state index in [2.05, 4.69) is 0 Å². The van der Waals surface area contributed by atoms with Gasteiger partial charge in [-0.05, 0) is 43.3 Å². The second kappa shape index (κ2) is 9.13. The Morgan fingerprint density at radius 1 is 1.28 bits per heavy atom. The lowest BCUT2D eigenvalue weighted by Gasteiger charge is -2.26. The Balaban J connectivity index is 1.64. The largest absolute Gasteiger partial charge is 0.466 e. The predicted octanol–water partition coefficient (Wildman–Crippen LogP) is 2.98. The molecule has 3 rings (SSSR count). The summed E-state index contributed by atoms with van der Waals surface area (Å²) in [5, 5.41) is -0.415. The van der Waals surface area contributed by atoms with E-state index in [1.807, 2.05) is 0 Å². The molecule has 0 bridgehead atoms. The summed E-state index contributed by atoms with van der Waals surface area (Å²) in [7, 11) is 0. The third kappa shape index (κ3) is 4.61. The first-order valence-electron chi connectivity index (χ1n) is 9.08. The topological polar surface area (TPSA) is 80.1 Å². The number of thioether (sulfide) groups is 1. The van der Waals surface area contributed by atoms with Crippen LogP contribution in [0.2, 0.25) is 0 Å². The first kappa shape index (κ1) is 20.9. The molecule has 2 atom stereocenters. The lowest BCUT2D eigenvalue weighted by atomic mass is 10.2. The molecule has 9 heteroatoms. The number of carbonyl (C=O) groups excluding carboxylic acids is 3. The van der Waals surface area contributed by atoms with Gasteiger partial charge in [0.1, 0.15) is 23.0 Å². The van der Waals surface area contributed by atoms with E-state index < -0.39 is 35.7 Å². The van der Waals surface area contributed by atoms with Gasteiger partial charge in [-0.15, -0.1) is 11.8 Å². The van der Waals surface area contributed by atoms with Gasteiger partial charge < -0.3 is 19.0 Å². The van der Waals surface area contributed by atoms with E-state index in [1.54, 1.807) is 19.1 Å². The summed E-state index contributed by atoms with van der Waals surface area (Å²) < 4.78 is 23.7. The molecule has 1 saturated heterocycles. The van der Waals surface area contributed by atoms with Gasteiger partial charge in [0.2, 0.25) is 5.91 Å². The first-order chi connectivity index (χ1) is 13.9. The molecule has 1 aromatic heterocycles. The fourth-order valence-corrected chi connectivity index (χ4v) is 4.57. The molecule has 1 fully saturated rings. The predicted molar refractivity (Wildman–Crippen MR) is 106 cm³/mol. The number of furan rings is 1. The monoisotopic (exact) mass is 420 g/mol. The standard InChI is InChI=1S/C20H21FN2O5S/c1-3-22(15-8-6-14(21)7-9-15)18(25)11-28-20(26)16-12-29-19(23(16)13(2)24)17-5-4-10-27-17/h4-10,16,19H,3,11-12H2,1-2H3/t16-,19-/m0/s1. The molecule has 2 amide bonds. The van der Waals surface area contributed by atoms with Crippen molar-refractivity contribution < 1.29 is 27.9 Å². The van der Waals surface area contributed by atoms with Gasteiger partial charge >= 0.3 is 5.97 Å². The van der Waals surface area contributed by atoms with Crippen LogP contribution in [0.15, 0.2) is 47.1 Å². The fourth-order valence-electron chi connectivity index (χ4n) is 3.15. The highest BCUT2D eigenvalue weighted by Gasteiger charge is 2.43. The number of hydrogen-bond donors (Lipinski definition) is 0. The summed E-state index contributed by atoms with van der Waals surface area (Å²) in [5.41, 5.74) is 0.509. The van der Waals surface area contributed by atoms with E-state index >= 15 is 0 Å². The summed E-state index contributed by atoms with van der Waals surface area (Å²) in [6.07, 6.45) is 1.51. The van der Waals surface area contributed by atoms with Gasteiger partial charge in [-0.1, -0.05) is 0 Å². The minimum Gasteiger partial charge on any atom is -0.466 e. The number of amides is 2. The Morgan fingerprint density at radius 3 is 2.59 bits per heavy atom. The maximum Gasteiger partial charge on any atom is 0.330 e. The van der Waals surface area contributed by atoms with Gasteiger partial charge in [-0.3, -0.25) is 9.59 Å². The molecule has 29 heavy (non-hydrogen) atoms. The first-order valence-corrected chi connectivity index (χ1v) is 10.1. The van der Waals surface area contributed by atoms with Gasteiger partial charge in [-0.2, -0.15) is 0 Å². The number of likely N-dealkylation sites (N-methyl/N-ethyl adjacent to an activating group) is 1. The van der Waals surface area contributed by atoms with E-state index in [-0.39, 0.29) is 5.91 Å². The van der Waals surface area contributed by atoms with Crippen LogP contribution in [0, 0.1) is 5.82 Å². The van der Waals surface area contributed by atoms with Crippen LogP contribution in [0.25, 0.3) is 0 Å². The molecule has 1 aliphatic heterocycles. The van der Waals surface area contributed by atoms with Crippen LogP contribution in [0.3, 0.4) is 0 Å². The number of carbonyl (C=O) groups is 3. The molecule has 2 heterocycles. The normalized spacial score (nSPS) is 18.5. The Kier molecular flexibility index (Phi) is 6.58. The second-order valence-corrected chi connectivity index (χ2v) is 7.48. The van der Waals surface area contributed by atoms with Gasteiger partial charge in [-0.25, -0.2) is 9.18 Å². The summed E-state index contributed by atoms with van der Waals surface area (Å²) in [5.74, 6) is -0.859. The zero-order valence-corrected chi connectivity index (χ0v) is 16.9. The zero-order chi connectivity index (χ0) is 21.0. The molecule has 0 unspecified atom stereocenters. The molecule has 1 aromatic carbocycles. The van der Waals surface area contributed by atoms with Crippen molar-refractivity contribution in [2.45, 2.75) is 25.3 Å². The maximum absolute atomic E-state index is 13.1. The summed E-state index contributed by atoms with van der Waals surface area (Å²) in [6, 6.07) is 8.13. The lowest BCUT2D eigenvalue weighted by molar-refractivity contribution is -0.155. The van der Waals surface area contributed by atoms with Gasteiger partial charge in [0.05, 0.1) is 6.26 Å². The number of rotatable bonds is 6. The number of benzene rings is 1. The second-order valence-electron chi connectivity index (χ2n) is 6.37. The van der Waals surface area contributed by atoms with Crippen molar-refractivity contribution in [3.63, 3.8) is 0 Å². The minimum atomic E-state index is -0.804. The zero-order valence-electron chi connectivity index (χ0n) is 16.0. The Morgan fingerprint density at radius 2 is 2.00 bits per heavy atom. The van der Waals surface area contributed by atoms with E-state index in [4.69, 9.17) is 9.15 Å². The number of halogens is 1. The van der Waals surface area contributed by atoms with Crippen LogP contribution in [0.4, 0.5) is 10.1 Å². The van der Waals surface area contributed by atoms with E-state index in [9.17, 15) is 18.8 Å². The van der Waals surface area contributed by atoms with Crippen molar-refractivity contribution in [3.05, 3.63) is 54.2 Å². The van der Waals surface area contributed by atoms with Gasteiger partial charge in [0.15, 0.2) is 6.61 Å². The SMILES string of the molecule is CCN(C(=O)COC(=O)[C@@H]1CS[C@@H](c2ccco2)N1C(C)=O)c1ccc(F)cc1. The molecule has 7 nitrogen and oxygen atoms in total. The van der Waals surface area contributed by atoms with Crippen molar-refractivity contribution in [3.8, 4) is 0 Å². The average Bonchev–Trinajstić information content (AvgIpc) is 3.37.